The lowest BCUT2D eigenvalue weighted by Gasteiger charge is -2.29. The Bertz CT molecular complexity index is 2260. The monoisotopic (exact) mass is 573 g/mol. The molecule has 0 atom stereocenters. The molecule has 0 fully saturated rings. The highest BCUT2D eigenvalue weighted by atomic mass is 15.1. The van der Waals surface area contributed by atoms with Gasteiger partial charge in [0.25, 0.3) is 0 Å². The van der Waals surface area contributed by atoms with Gasteiger partial charge in [0.1, 0.15) is 0 Å². The van der Waals surface area contributed by atoms with E-state index in [1.165, 1.54) is 54.9 Å². The highest BCUT2D eigenvalue weighted by Gasteiger charge is 2.20. The second-order valence-corrected chi connectivity index (χ2v) is 11.3. The summed E-state index contributed by atoms with van der Waals surface area (Å²) in [5.41, 5.74) is 10.6. The molecule has 212 valence electrons. The number of nitrogens with zero attached hydrogens (tertiary/aromatic N) is 1. The van der Waals surface area contributed by atoms with Gasteiger partial charge in [-0.2, -0.15) is 0 Å². The van der Waals surface area contributed by atoms with Gasteiger partial charge in [0, 0.05) is 16.9 Å². The molecule has 45 heavy (non-hydrogen) atoms. The predicted octanol–water partition coefficient (Wildman–Crippen LogP) is 12.5. The molecule has 0 aromatic heterocycles. The first-order chi connectivity index (χ1) is 22.3. The molecule has 1 heteroatoms. The van der Waals surface area contributed by atoms with Crippen molar-refractivity contribution in [2.75, 3.05) is 4.90 Å². The van der Waals surface area contributed by atoms with Crippen LogP contribution in [-0.4, -0.2) is 0 Å². The third kappa shape index (κ3) is 4.95. The average molecular weight is 574 g/mol. The molecule has 0 unspecified atom stereocenters. The molecule has 8 rings (SSSR count). The molecule has 0 aliphatic carbocycles. The van der Waals surface area contributed by atoms with E-state index in [-0.39, 0.29) is 0 Å². The molecule has 0 amide bonds. The van der Waals surface area contributed by atoms with Crippen LogP contribution in [0.2, 0.25) is 0 Å². The van der Waals surface area contributed by atoms with E-state index in [1.807, 2.05) is 0 Å². The normalized spacial score (nSPS) is 11.1. The van der Waals surface area contributed by atoms with Crippen LogP contribution in [0.25, 0.3) is 54.9 Å². The molecular formula is C44H31N. The lowest BCUT2D eigenvalue weighted by Crippen LogP contribution is -2.11. The Kier molecular flexibility index (Phi) is 6.90. The summed E-state index contributed by atoms with van der Waals surface area (Å²) < 4.78 is 0. The standard InChI is InChI=1S/C44H31N/c1-3-15-33(16-4-1)40-28-13-19-34-20-14-29-42(44(34)40)41-26-9-10-30-43(41)45(36-22-5-2-6-23-36)37-24-11-21-35(31-37)39-27-12-18-32-17-7-8-25-38(32)39/h1-31H. The Morgan fingerprint density at radius 1 is 0.311 bits per heavy atom. The Morgan fingerprint density at radius 3 is 1.67 bits per heavy atom. The van der Waals surface area contributed by atoms with Crippen LogP contribution in [-0.2, 0) is 0 Å². The molecule has 0 heterocycles. The van der Waals surface area contributed by atoms with Crippen LogP contribution in [0.5, 0.6) is 0 Å². The van der Waals surface area contributed by atoms with Crippen molar-refractivity contribution in [3.05, 3.63) is 188 Å². The highest BCUT2D eigenvalue weighted by molar-refractivity contribution is 6.09. The van der Waals surface area contributed by atoms with Gasteiger partial charge in [-0.15, -0.1) is 0 Å². The number of fused-ring (bicyclic) bond motifs is 2. The largest absolute Gasteiger partial charge is 0.310 e. The van der Waals surface area contributed by atoms with E-state index in [9.17, 15) is 0 Å². The first-order valence-corrected chi connectivity index (χ1v) is 15.5. The Labute approximate surface area is 264 Å². The minimum atomic E-state index is 1.11. The zero-order chi connectivity index (χ0) is 30.0. The number of para-hydroxylation sites is 2. The molecule has 0 aliphatic heterocycles. The van der Waals surface area contributed by atoms with Gasteiger partial charge in [0.2, 0.25) is 0 Å². The highest BCUT2D eigenvalue weighted by Crippen LogP contribution is 2.45. The number of hydrogen-bond acceptors (Lipinski definition) is 1. The molecule has 1 nitrogen and oxygen atoms in total. The SMILES string of the molecule is c1ccc(-c2cccc3cccc(-c4ccccc4N(c4ccccc4)c4cccc(-c5cccc6ccccc56)c4)c23)cc1. The van der Waals surface area contributed by atoms with Gasteiger partial charge < -0.3 is 4.90 Å². The Hall–Kier alpha value is -5.92. The summed E-state index contributed by atoms with van der Waals surface area (Å²) in [7, 11) is 0. The van der Waals surface area contributed by atoms with Crippen molar-refractivity contribution in [1.29, 1.82) is 0 Å². The van der Waals surface area contributed by atoms with Gasteiger partial charge in [-0.3, -0.25) is 0 Å². The fourth-order valence-electron chi connectivity index (χ4n) is 6.61. The molecule has 0 aliphatic rings. The van der Waals surface area contributed by atoms with Gasteiger partial charge in [-0.05, 0) is 79.7 Å². The van der Waals surface area contributed by atoms with Gasteiger partial charge in [-0.1, -0.05) is 158 Å². The maximum Gasteiger partial charge on any atom is 0.0540 e. The van der Waals surface area contributed by atoms with Crippen LogP contribution in [0.15, 0.2) is 188 Å². The van der Waals surface area contributed by atoms with Crippen molar-refractivity contribution in [3.63, 3.8) is 0 Å². The molecule has 0 saturated heterocycles. The maximum absolute atomic E-state index is 2.40. The summed E-state index contributed by atoms with van der Waals surface area (Å²) in [6.07, 6.45) is 0. The molecule has 8 aromatic rings. The second kappa shape index (κ2) is 11.6. The van der Waals surface area contributed by atoms with Crippen molar-refractivity contribution in [3.8, 4) is 33.4 Å². The van der Waals surface area contributed by atoms with Crippen LogP contribution in [0.3, 0.4) is 0 Å². The lowest BCUT2D eigenvalue weighted by molar-refractivity contribution is 1.28. The first kappa shape index (κ1) is 26.7. The van der Waals surface area contributed by atoms with Crippen LogP contribution in [0, 0.1) is 0 Å². The summed E-state index contributed by atoms with van der Waals surface area (Å²) in [5.74, 6) is 0. The quantitative estimate of drug-likeness (QED) is 0.191. The second-order valence-electron chi connectivity index (χ2n) is 11.3. The zero-order valence-corrected chi connectivity index (χ0v) is 24.8. The summed E-state index contributed by atoms with van der Waals surface area (Å²) in [6.45, 7) is 0. The number of benzene rings is 8. The minimum Gasteiger partial charge on any atom is -0.310 e. The van der Waals surface area contributed by atoms with E-state index in [2.05, 4.69) is 193 Å². The Morgan fingerprint density at radius 2 is 0.844 bits per heavy atom. The summed E-state index contributed by atoms with van der Waals surface area (Å²) in [6, 6.07) is 67.6. The fourth-order valence-corrected chi connectivity index (χ4v) is 6.61. The average Bonchev–Trinajstić information content (AvgIpc) is 3.12. The van der Waals surface area contributed by atoms with Crippen molar-refractivity contribution >= 4 is 38.6 Å². The zero-order valence-electron chi connectivity index (χ0n) is 24.8. The maximum atomic E-state index is 2.40. The minimum absolute atomic E-state index is 1.11. The van der Waals surface area contributed by atoms with E-state index >= 15 is 0 Å². The first-order valence-electron chi connectivity index (χ1n) is 15.5. The molecule has 0 N–H and O–H groups in total. The molecule has 8 aromatic carbocycles. The van der Waals surface area contributed by atoms with E-state index in [4.69, 9.17) is 0 Å². The molecular weight excluding hydrogens is 542 g/mol. The molecule has 0 saturated carbocycles. The lowest BCUT2D eigenvalue weighted by atomic mass is 9.90. The van der Waals surface area contributed by atoms with Crippen molar-refractivity contribution in [2.45, 2.75) is 0 Å². The van der Waals surface area contributed by atoms with Gasteiger partial charge in [0.15, 0.2) is 0 Å². The molecule has 0 radical (unpaired) electrons. The van der Waals surface area contributed by atoms with E-state index in [1.54, 1.807) is 0 Å². The summed E-state index contributed by atoms with van der Waals surface area (Å²) in [5, 5.41) is 4.99. The van der Waals surface area contributed by atoms with Crippen LogP contribution < -0.4 is 4.90 Å². The third-order valence-electron chi connectivity index (χ3n) is 8.64. The number of hydrogen-bond donors (Lipinski definition) is 0. The van der Waals surface area contributed by atoms with Crippen molar-refractivity contribution in [2.24, 2.45) is 0 Å². The smallest absolute Gasteiger partial charge is 0.0540 e. The van der Waals surface area contributed by atoms with Crippen LogP contribution in [0.4, 0.5) is 17.1 Å². The van der Waals surface area contributed by atoms with E-state index in [0.29, 0.717) is 0 Å². The van der Waals surface area contributed by atoms with Gasteiger partial charge in [0.05, 0.1) is 5.69 Å². The van der Waals surface area contributed by atoms with Gasteiger partial charge >= 0.3 is 0 Å². The fraction of sp³-hybridized carbons (Fsp3) is 0. The Balaban J connectivity index is 1.36. The predicted molar refractivity (Wildman–Crippen MR) is 192 cm³/mol. The molecule has 0 spiro atoms. The summed E-state index contributed by atoms with van der Waals surface area (Å²) >= 11 is 0. The summed E-state index contributed by atoms with van der Waals surface area (Å²) in [4.78, 5) is 2.40. The van der Waals surface area contributed by atoms with Crippen LogP contribution >= 0.6 is 0 Å². The van der Waals surface area contributed by atoms with Crippen LogP contribution in [0.1, 0.15) is 0 Å². The van der Waals surface area contributed by atoms with Crippen molar-refractivity contribution < 1.29 is 0 Å². The molecule has 0 bridgehead atoms. The van der Waals surface area contributed by atoms with Crippen molar-refractivity contribution in [1.82, 2.24) is 0 Å². The number of anilines is 3. The number of rotatable bonds is 6. The third-order valence-corrected chi connectivity index (χ3v) is 8.64. The van der Waals surface area contributed by atoms with Gasteiger partial charge in [-0.25, -0.2) is 0 Å². The van der Waals surface area contributed by atoms with E-state index < -0.39 is 0 Å². The topological polar surface area (TPSA) is 3.24 Å². The van der Waals surface area contributed by atoms with E-state index in [0.717, 1.165) is 17.1 Å².